The van der Waals surface area contributed by atoms with Crippen LogP contribution in [0, 0.1) is 0 Å². The molecule has 0 bridgehead atoms. The second-order valence-electron chi connectivity index (χ2n) is 5.19. The van der Waals surface area contributed by atoms with Crippen molar-refractivity contribution in [3.63, 3.8) is 0 Å². The highest BCUT2D eigenvalue weighted by Crippen LogP contribution is 2.26. The topological polar surface area (TPSA) is 161 Å². The molecule has 1 aliphatic rings. The first-order valence-corrected chi connectivity index (χ1v) is 9.56. The van der Waals surface area contributed by atoms with Crippen LogP contribution in [0.4, 0.5) is 5.69 Å². The minimum atomic E-state index is -4.51. The van der Waals surface area contributed by atoms with Crippen LogP contribution < -0.4 is 11.5 Å². The molecule has 0 saturated heterocycles. The van der Waals surface area contributed by atoms with Gasteiger partial charge < -0.3 is 11.5 Å². The Hall–Kier alpha value is -1.98. The van der Waals surface area contributed by atoms with E-state index in [1.807, 2.05) is 0 Å². The van der Waals surface area contributed by atoms with Crippen molar-refractivity contribution in [1.82, 2.24) is 0 Å². The van der Waals surface area contributed by atoms with Crippen LogP contribution in [0.2, 0.25) is 0 Å². The van der Waals surface area contributed by atoms with Crippen LogP contribution in [-0.2, 0) is 20.2 Å². The van der Waals surface area contributed by atoms with Gasteiger partial charge >= 0.3 is 0 Å². The van der Waals surface area contributed by atoms with E-state index in [0.29, 0.717) is 0 Å². The molecule has 1 unspecified atom stereocenters. The molecule has 8 nitrogen and oxygen atoms in total. The smallest absolute Gasteiger partial charge is 0.295 e. The van der Waals surface area contributed by atoms with Crippen LogP contribution in [0.25, 0.3) is 6.08 Å². The minimum Gasteiger partial charge on any atom is -0.399 e. The summed E-state index contributed by atoms with van der Waals surface area (Å²) in [6, 6.07) is 3.32. The molecule has 2 rings (SSSR count). The van der Waals surface area contributed by atoms with Gasteiger partial charge in [0.25, 0.3) is 20.2 Å². The van der Waals surface area contributed by atoms with E-state index in [-0.39, 0.29) is 28.1 Å². The van der Waals surface area contributed by atoms with Gasteiger partial charge in [-0.3, -0.25) is 9.11 Å². The Morgan fingerprint density at radius 1 is 1.08 bits per heavy atom. The fourth-order valence-electron chi connectivity index (χ4n) is 2.21. The number of anilines is 1. The zero-order valence-corrected chi connectivity index (χ0v) is 14.0. The monoisotopic (exact) mass is 372 g/mol. The van der Waals surface area contributed by atoms with Gasteiger partial charge in [0, 0.05) is 18.2 Å². The summed E-state index contributed by atoms with van der Waals surface area (Å²) in [5, 5.41) is 0. The Morgan fingerprint density at radius 3 is 2.33 bits per heavy atom. The van der Waals surface area contributed by atoms with Crippen molar-refractivity contribution in [2.24, 2.45) is 5.73 Å². The largest absolute Gasteiger partial charge is 0.399 e. The first kappa shape index (κ1) is 18.4. The molecule has 1 aromatic rings. The molecule has 24 heavy (non-hydrogen) atoms. The maximum Gasteiger partial charge on any atom is 0.295 e. The number of allylic oxidation sites excluding steroid dienone is 3. The predicted molar refractivity (Wildman–Crippen MR) is 90.0 cm³/mol. The van der Waals surface area contributed by atoms with Crippen molar-refractivity contribution in [3.05, 3.63) is 52.5 Å². The van der Waals surface area contributed by atoms with Crippen LogP contribution in [0.3, 0.4) is 0 Å². The van der Waals surface area contributed by atoms with E-state index in [1.165, 1.54) is 30.4 Å². The lowest BCUT2D eigenvalue weighted by molar-refractivity contribution is 0.482. The molecule has 0 amide bonds. The number of nitrogen functional groups attached to an aromatic ring is 1. The summed E-state index contributed by atoms with van der Waals surface area (Å²) < 4.78 is 64.3. The molecule has 0 heterocycles. The van der Waals surface area contributed by atoms with E-state index >= 15 is 0 Å². The number of rotatable bonds is 4. The first-order valence-electron chi connectivity index (χ1n) is 6.68. The van der Waals surface area contributed by atoms with Crippen molar-refractivity contribution >= 4 is 32.0 Å². The van der Waals surface area contributed by atoms with Crippen LogP contribution in [0.1, 0.15) is 12.0 Å². The molecular formula is C14H16N2O6S2. The van der Waals surface area contributed by atoms with Gasteiger partial charge in [-0.05, 0) is 23.3 Å². The minimum absolute atomic E-state index is 0.0814. The third-order valence-electron chi connectivity index (χ3n) is 3.34. The standard InChI is InChI=1S/C14H16N2O6S2/c15-11-5-3-9(13(7-11)23(17,18)19)1-2-10-4-6-12(16)8-14(10)24(20,21)22/h1-7,12H,8,15-16H2,(H,17,18,19)(H,20,21,22). The van der Waals surface area contributed by atoms with E-state index in [2.05, 4.69) is 0 Å². The third-order valence-corrected chi connectivity index (χ3v) is 5.27. The number of hydrogen-bond donors (Lipinski definition) is 4. The maximum absolute atomic E-state index is 11.4. The van der Waals surface area contributed by atoms with Crippen molar-refractivity contribution in [1.29, 1.82) is 0 Å². The lowest BCUT2D eigenvalue weighted by Crippen LogP contribution is -2.23. The van der Waals surface area contributed by atoms with Crippen molar-refractivity contribution in [3.8, 4) is 0 Å². The van der Waals surface area contributed by atoms with E-state index in [4.69, 9.17) is 11.5 Å². The van der Waals surface area contributed by atoms with Gasteiger partial charge in [-0.25, -0.2) is 0 Å². The molecule has 0 radical (unpaired) electrons. The van der Waals surface area contributed by atoms with Gasteiger partial charge in [-0.15, -0.1) is 0 Å². The molecule has 0 aromatic heterocycles. The molecular weight excluding hydrogens is 356 g/mol. The van der Waals surface area contributed by atoms with Gasteiger partial charge in [0.15, 0.2) is 0 Å². The predicted octanol–water partition coefficient (Wildman–Crippen LogP) is 0.958. The maximum atomic E-state index is 11.4. The Labute approximate surface area is 139 Å². The molecule has 130 valence electrons. The summed E-state index contributed by atoms with van der Waals surface area (Å²) in [5.74, 6) is 0. The third kappa shape index (κ3) is 4.30. The summed E-state index contributed by atoms with van der Waals surface area (Å²) in [6.07, 6.45) is 5.50. The quantitative estimate of drug-likeness (QED) is 0.449. The lowest BCUT2D eigenvalue weighted by atomic mass is 10.0. The molecule has 0 saturated carbocycles. The SMILES string of the molecule is Nc1ccc(C=CC2=C(S(=O)(=O)O)CC(N)C=C2)c(S(=O)(=O)O)c1. The molecule has 0 fully saturated rings. The Morgan fingerprint density at radius 2 is 1.75 bits per heavy atom. The number of benzene rings is 1. The average molecular weight is 372 g/mol. The summed E-state index contributed by atoms with van der Waals surface area (Å²) >= 11 is 0. The second-order valence-corrected chi connectivity index (χ2v) is 8.02. The summed E-state index contributed by atoms with van der Waals surface area (Å²) in [6.45, 7) is 0. The van der Waals surface area contributed by atoms with Crippen LogP contribution >= 0.6 is 0 Å². The van der Waals surface area contributed by atoms with Gasteiger partial charge in [0.2, 0.25) is 0 Å². The van der Waals surface area contributed by atoms with Crippen molar-refractivity contribution in [2.75, 3.05) is 5.73 Å². The Kier molecular flexibility index (Phi) is 4.97. The first-order chi connectivity index (χ1) is 11.0. The van der Waals surface area contributed by atoms with E-state index in [1.54, 1.807) is 6.08 Å². The summed E-state index contributed by atoms with van der Waals surface area (Å²) in [7, 11) is -8.96. The normalized spacial score (nSPS) is 19.2. The van der Waals surface area contributed by atoms with E-state index in [9.17, 15) is 25.9 Å². The zero-order chi connectivity index (χ0) is 18.1. The molecule has 10 heteroatoms. The highest BCUT2D eigenvalue weighted by molar-refractivity contribution is 7.89. The van der Waals surface area contributed by atoms with Crippen molar-refractivity contribution in [2.45, 2.75) is 17.4 Å². The fraction of sp³-hybridized carbons (Fsp3) is 0.143. The van der Waals surface area contributed by atoms with Gasteiger partial charge in [0.1, 0.15) is 4.90 Å². The van der Waals surface area contributed by atoms with Crippen LogP contribution in [0.5, 0.6) is 0 Å². The van der Waals surface area contributed by atoms with Crippen molar-refractivity contribution < 1.29 is 25.9 Å². The molecule has 6 N–H and O–H groups in total. The lowest BCUT2D eigenvalue weighted by Gasteiger charge is -2.16. The molecule has 1 atom stereocenters. The van der Waals surface area contributed by atoms with Crippen LogP contribution in [-0.4, -0.2) is 32.0 Å². The Balaban J connectivity index is 2.53. The van der Waals surface area contributed by atoms with Crippen LogP contribution in [0.15, 0.2) is 51.8 Å². The zero-order valence-electron chi connectivity index (χ0n) is 12.3. The summed E-state index contributed by atoms with van der Waals surface area (Å²) in [5.41, 5.74) is 11.6. The average Bonchev–Trinajstić information content (AvgIpc) is 2.45. The molecule has 1 aliphatic carbocycles. The van der Waals surface area contributed by atoms with Gasteiger partial charge in [-0.2, -0.15) is 16.8 Å². The van der Waals surface area contributed by atoms with E-state index < -0.39 is 31.2 Å². The van der Waals surface area contributed by atoms with Gasteiger partial charge in [0.05, 0.1) is 4.91 Å². The highest BCUT2D eigenvalue weighted by atomic mass is 32.2. The molecule has 0 aliphatic heterocycles. The van der Waals surface area contributed by atoms with E-state index in [0.717, 1.165) is 6.07 Å². The Bertz CT molecular complexity index is 959. The fourth-order valence-corrected chi connectivity index (χ4v) is 3.77. The molecule has 1 aromatic carbocycles. The molecule has 0 spiro atoms. The number of nitrogens with two attached hydrogens (primary N) is 2. The highest BCUT2D eigenvalue weighted by Gasteiger charge is 2.22. The summed E-state index contributed by atoms with van der Waals surface area (Å²) in [4.78, 5) is -0.679. The second kappa shape index (κ2) is 6.49. The number of hydrogen-bond acceptors (Lipinski definition) is 6. The van der Waals surface area contributed by atoms with Gasteiger partial charge in [-0.1, -0.05) is 30.4 Å².